The van der Waals surface area contributed by atoms with Crippen LogP contribution in [0.2, 0.25) is 0 Å². The molecule has 278 valence electrons. The molecular weight excluding hydrogens is 684 g/mol. The van der Waals surface area contributed by atoms with Gasteiger partial charge in [0.25, 0.3) is 5.91 Å². The molecule has 5 aromatic rings. The summed E-state index contributed by atoms with van der Waals surface area (Å²) in [5.74, 6) is -0.888. The van der Waals surface area contributed by atoms with Crippen LogP contribution in [-0.2, 0) is 34.6 Å². The predicted octanol–water partition coefficient (Wildman–Crippen LogP) is 5.25. The van der Waals surface area contributed by atoms with Crippen LogP contribution in [0.25, 0.3) is 10.9 Å². The number of hydrogen-bond donors (Lipinski definition) is 5. The number of carboxylic acids is 1. The van der Waals surface area contributed by atoms with Crippen LogP contribution < -0.4 is 10.9 Å². The number of phenols is 1. The lowest BCUT2D eigenvalue weighted by molar-refractivity contribution is -0.145. The van der Waals surface area contributed by atoms with E-state index >= 15 is 0 Å². The molecule has 2 heterocycles. The van der Waals surface area contributed by atoms with Gasteiger partial charge in [0.1, 0.15) is 5.75 Å². The Kier molecular flexibility index (Phi) is 10.6. The largest absolute Gasteiger partial charge is 0.506 e. The summed E-state index contributed by atoms with van der Waals surface area (Å²) in [6.07, 6.45) is 1.61. The number of likely N-dealkylation sites (tertiary alicyclic amines) is 1. The minimum absolute atomic E-state index is 0.0413. The lowest BCUT2D eigenvalue weighted by atomic mass is 9.73. The van der Waals surface area contributed by atoms with Crippen LogP contribution in [0.15, 0.2) is 108 Å². The highest BCUT2D eigenvalue weighted by Crippen LogP contribution is 2.37. The Labute approximate surface area is 312 Å². The fraction of sp³-hybridized carbons (Fsp3) is 0.302. The number of nitrogens with zero attached hydrogens (tertiary/aromatic N) is 2. The van der Waals surface area contributed by atoms with Gasteiger partial charge >= 0.3 is 5.97 Å². The van der Waals surface area contributed by atoms with E-state index in [0.717, 1.165) is 35.1 Å². The Hall–Kier alpha value is -5.78. The number of carbonyl (C=O) groups excluding carboxylic acids is 2. The monoisotopic (exact) mass is 728 g/mol. The maximum absolute atomic E-state index is 13.4. The molecule has 0 spiro atoms. The van der Waals surface area contributed by atoms with Gasteiger partial charge in [-0.3, -0.25) is 19.2 Å². The normalized spacial score (nSPS) is 15.8. The molecule has 5 N–H and O–H groups in total. The average Bonchev–Trinajstić information content (AvgIpc) is 4.05. The van der Waals surface area contributed by atoms with Crippen molar-refractivity contribution in [1.82, 2.24) is 20.1 Å². The molecule has 54 heavy (non-hydrogen) atoms. The van der Waals surface area contributed by atoms with Crippen LogP contribution in [0.5, 0.6) is 5.75 Å². The zero-order chi connectivity index (χ0) is 37.8. The van der Waals surface area contributed by atoms with Crippen molar-refractivity contribution in [1.29, 1.82) is 0 Å². The number of benzene rings is 4. The molecule has 11 heteroatoms. The maximum atomic E-state index is 13.4. The minimum Gasteiger partial charge on any atom is -0.506 e. The van der Waals surface area contributed by atoms with Gasteiger partial charge in [-0.2, -0.15) is 0 Å². The molecule has 1 saturated heterocycles. The van der Waals surface area contributed by atoms with Crippen molar-refractivity contribution >= 4 is 28.7 Å². The van der Waals surface area contributed by atoms with Crippen LogP contribution >= 0.6 is 0 Å². The van der Waals surface area contributed by atoms with Crippen LogP contribution in [0, 0.1) is 5.92 Å². The molecule has 1 aromatic heterocycles. The number of piperidine rings is 1. The Morgan fingerprint density at radius 1 is 0.833 bits per heavy atom. The first-order valence-electron chi connectivity index (χ1n) is 18.4. The number of aromatic nitrogens is 1. The third-order valence-electron chi connectivity index (χ3n) is 10.8. The van der Waals surface area contributed by atoms with Crippen molar-refractivity contribution in [2.75, 3.05) is 19.6 Å². The van der Waals surface area contributed by atoms with Gasteiger partial charge in [0.15, 0.2) is 0 Å². The van der Waals surface area contributed by atoms with Gasteiger partial charge in [-0.25, -0.2) is 0 Å². The zero-order valence-electron chi connectivity index (χ0n) is 29.9. The summed E-state index contributed by atoms with van der Waals surface area (Å²) < 4.78 is 0. The first kappa shape index (κ1) is 36.6. The molecule has 2 aliphatic rings. The summed E-state index contributed by atoms with van der Waals surface area (Å²) in [5.41, 5.74) is 3.76. The molecule has 1 aliphatic heterocycles. The number of carbonyl (C=O) groups is 3. The van der Waals surface area contributed by atoms with Crippen LogP contribution in [-0.4, -0.2) is 67.5 Å². The number of aliphatic hydroxyl groups excluding tert-OH is 1. The van der Waals surface area contributed by atoms with E-state index in [4.69, 9.17) is 0 Å². The fourth-order valence-corrected chi connectivity index (χ4v) is 7.43. The molecule has 1 saturated carbocycles. The van der Waals surface area contributed by atoms with Gasteiger partial charge in [0, 0.05) is 62.2 Å². The number of H-pyrrole nitrogens is 1. The van der Waals surface area contributed by atoms with Gasteiger partial charge in [-0.1, -0.05) is 72.8 Å². The van der Waals surface area contributed by atoms with Crippen molar-refractivity contribution in [3.05, 3.63) is 147 Å². The second-order valence-corrected chi connectivity index (χ2v) is 14.5. The summed E-state index contributed by atoms with van der Waals surface area (Å²) >= 11 is 0. The number of phenolic OH excluding ortho intramolecular Hbond substituents is 1. The first-order valence-corrected chi connectivity index (χ1v) is 18.4. The molecule has 11 nitrogen and oxygen atoms in total. The zero-order valence-corrected chi connectivity index (χ0v) is 29.9. The predicted molar refractivity (Wildman–Crippen MR) is 204 cm³/mol. The number of hydrogen-bond acceptors (Lipinski definition) is 7. The summed E-state index contributed by atoms with van der Waals surface area (Å²) in [7, 11) is 0. The number of aliphatic carboxylic acids is 1. The van der Waals surface area contributed by atoms with Crippen LogP contribution in [0.4, 0.5) is 0 Å². The molecule has 7 rings (SSSR count). The molecule has 1 atom stereocenters. The molecule has 1 aliphatic carbocycles. The van der Waals surface area contributed by atoms with Gasteiger partial charge in [0.2, 0.25) is 11.5 Å². The van der Waals surface area contributed by atoms with Crippen molar-refractivity contribution < 1.29 is 29.7 Å². The standard InChI is InChI=1S/C43H44N4O7/c48-36-18-16-34(35-17-19-38(50)45-39(35)36)37(49)25-44-24-28-6-8-29(9-7-28)26-47(41(52)32-14-15-32)27-30-10-12-31(13-11-30)40(51)46-22-20-43(21-23-46,42(53)54)33-4-2-1-3-5-33/h1-13,16-19,32,37,44,48-49H,14-15,20-27H2,(H,45,50)(H,53,54). The number of aliphatic hydroxyl groups is 1. The number of nitrogens with one attached hydrogen (secondary N) is 2. The average molecular weight is 729 g/mol. The van der Waals surface area contributed by atoms with Gasteiger partial charge in [-0.05, 0) is 77.8 Å². The molecular formula is C43H44N4O7. The van der Waals surface area contributed by atoms with Gasteiger partial charge < -0.3 is 35.4 Å². The van der Waals surface area contributed by atoms with Gasteiger partial charge in [-0.15, -0.1) is 0 Å². The van der Waals surface area contributed by atoms with Crippen molar-refractivity contribution in [2.24, 2.45) is 5.92 Å². The molecule has 2 amide bonds. The van der Waals surface area contributed by atoms with E-state index in [2.05, 4.69) is 10.3 Å². The molecule has 4 aromatic carbocycles. The third-order valence-corrected chi connectivity index (χ3v) is 10.8. The third kappa shape index (κ3) is 7.92. The summed E-state index contributed by atoms with van der Waals surface area (Å²) in [6, 6.07) is 30.7. The van der Waals surface area contributed by atoms with E-state index in [9.17, 15) is 34.5 Å². The number of aromatic hydroxyl groups is 1. The highest BCUT2D eigenvalue weighted by atomic mass is 16.4. The van der Waals surface area contributed by atoms with E-state index in [1.54, 1.807) is 29.2 Å². The molecule has 2 fully saturated rings. The smallest absolute Gasteiger partial charge is 0.314 e. The fourth-order valence-electron chi connectivity index (χ4n) is 7.43. The summed E-state index contributed by atoms with van der Waals surface area (Å²) in [4.78, 5) is 57.1. The molecule has 0 radical (unpaired) electrons. The number of pyridine rings is 1. The number of aromatic amines is 1. The second kappa shape index (κ2) is 15.7. The second-order valence-electron chi connectivity index (χ2n) is 14.5. The van der Waals surface area contributed by atoms with Gasteiger partial charge in [0.05, 0.1) is 17.0 Å². The quantitative estimate of drug-likeness (QED) is 0.110. The topological polar surface area (TPSA) is 163 Å². The van der Waals surface area contributed by atoms with E-state index in [-0.39, 0.29) is 35.6 Å². The molecule has 1 unspecified atom stereocenters. The first-order chi connectivity index (χ1) is 26.1. The number of fused-ring (bicyclic) bond motifs is 1. The highest BCUT2D eigenvalue weighted by Gasteiger charge is 2.44. The lowest BCUT2D eigenvalue weighted by Gasteiger charge is -2.39. The van der Waals surface area contributed by atoms with E-state index in [1.807, 2.05) is 71.6 Å². The van der Waals surface area contributed by atoms with Crippen molar-refractivity contribution in [2.45, 2.75) is 56.8 Å². The minimum atomic E-state index is -1.00. The van der Waals surface area contributed by atoms with E-state index in [0.29, 0.717) is 67.6 Å². The van der Waals surface area contributed by atoms with Crippen LogP contribution in [0.1, 0.15) is 70.0 Å². The number of rotatable bonds is 13. The Bertz CT molecular complexity index is 2190. The number of amides is 2. The SMILES string of the molecule is O=C(c1ccc(CN(Cc2ccc(CNCC(O)c3ccc(O)c4[nH]c(=O)ccc34)cc2)C(=O)C2CC2)cc1)N1CCC(C(=O)O)(c2ccccc2)CC1. The maximum Gasteiger partial charge on any atom is 0.314 e. The van der Waals surface area contributed by atoms with Crippen LogP contribution in [0.3, 0.4) is 0 Å². The van der Waals surface area contributed by atoms with E-state index < -0.39 is 17.5 Å². The summed E-state index contributed by atoms with van der Waals surface area (Å²) in [6.45, 7) is 2.32. The van der Waals surface area contributed by atoms with E-state index in [1.165, 1.54) is 12.1 Å². The summed E-state index contributed by atoms with van der Waals surface area (Å²) in [5, 5.41) is 35.0. The number of carboxylic acid groups (broad SMARTS) is 1. The Balaban J connectivity index is 0.937. The lowest BCUT2D eigenvalue weighted by Crippen LogP contribution is -2.49. The highest BCUT2D eigenvalue weighted by molar-refractivity contribution is 5.94. The Morgan fingerprint density at radius 3 is 2.09 bits per heavy atom. The van der Waals surface area contributed by atoms with Crippen molar-refractivity contribution in [3.63, 3.8) is 0 Å². The van der Waals surface area contributed by atoms with Crippen molar-refractivity contribution in [3.8, 4) is 5.75 Å². The Morgan fingerprint density at radius 2 is 1.46 bits per heavy atom. The molecule has 0 bridgehead atoms.